The van der Waals surface area contributed by atoms with Crippen molar-refractivity contribution < 1.29 is 20.4 Å². The van der Waals surface area contributed by atoms with Gasteiger partial charge in [-0.25, -0.2) is 0 Å². The summed E-state index contributed by atoms with van der Waals surface area (Å²) in [5, 5.41) is 42.4. The minimum absolute atomic E-state index is 0.155. The van der Waals surface area contributed by atoms with Crippen molar-refractivity contribution in [2.75, 3.05) is 11.9 Å². The Labute approximate surface area is 460 Å². The largest absolute Gasteiger partial charge is 0.392 e. The maximum Gasteiger partial charge on any atom is 0.0657 e. The van der Waals surface area contributed by atoms with E-state index in [1.54, 1.807) is 33.4 Å². The molecule has 0 aromatic heterocycles. The van der Waals surface area contributed by atoms with Crippen LogP contribution in [0.2, 0.25) is 0 Å². The van der Waals surface area contributed by atoms with Crippen molar-refractivity contribution in [3.8, 4) is 0 Å². The van der Waals surface area contributed by atoms with E-state index in [1.807, 2.05) is 20.8 Å². The van der Waals surface area contributed by atoms with Crippen LogP contribution in [0.5, 0.6) is 0 Å². The molecule has 9 saturated carbocycles. The highest BCUT2D eigenvalue weighted by Crippen LogP contribution is 2.69. The fourth-order valence-electron chi connectivity index (χ4n) is 22.8. The molecule has 0 saturated heterocycles. The maximum absolute atomic E-state index is 10.6. The lowest BCUT2D eigenvalue weighted by molar-refractivity contribution is -0.0319. The molecule has 0 aromatic carbocycles. The van der Waals surface area contributed by atoms with Crippen molar-refractivity contribution in [2.24, 2.45) is 105 Å². The number of halogens is 1. The smallest absolute Gasteiger partial charge is 0.0657 e. The van der Waals surface area contributed by atoms with Crippen molar-refractivity contribution in [3.05, 3.63) is 69.9 Å². The van der Waals surface area contributed by atoms with Crippen LogP contribution in [0, 0.1) is 105 Å². The molecule has 0 radical (unpaired) electrons. The monoisotopic (exact) mass is 1080 g/mol. The van der Waals surface area contributed by atoms with Crippen LogP contribution in [-0.4, -0.2) is 49.2 Å². The van der Waals surface area contributed by atoms with Crippen LogP contribution in [0.15, 0.2) is 69.9 Å². The number of aliphatic hydroxyl groups is 4. The van der Waals surface area contributed by atoms with Crippen LogP contribution in [0.25, 0.3) is 0 Å². The topological polar surface area (TPSA) is 80.9 Å². The summed E-state index contributed by atoms with van der Waals surface area (Å²) >= 11 is 3.67. The Kier molecular flexibility index (Phi) is 15.4. The van der Waals surface area contributed by atoms with Gasteiger partial charge in [0.25, 0.3) is 0 Å². The lowest BCUT2D eigenvalue weighted by Crippen LogP contribution is -2.48. The van der Waals surface area contributed by atoms with Gasteiger partial charge < -0.3 is 20.4 Å². The molecular weight excluding hydrogens is 973 g/mol. The highest BCUT2D eigenvalue weighted by molar-refractivity contribution is 9.09. The molecule has 12 rings (SSSR count). The summed E-state index contributed by atoms with van der Waals surface area (Å²) in [6.45, 7) is 36.2. The molecule has 9 fully saturated rings. The van der Waals surface area contributed by atoms with Crippen molar-refractivity contribution >= 4 is 15.9 Å². The second-order valence-corrected chi connectivity index (χ2v) is 31.3. The summed E-state index contributed by atoms with van der Waals surface area (Å²) in [4.78, 5) is 0. The molecule has 4 nitrogen and oxygen atoms in total. The van der Waals surface area contributed by atoms with Gasteiger partial charge in [0.2, 0.25) is 0 Å². The Morgan fingerprint density at radius 1 is 0.446 bits per heavy atom. The first kappa shape index (κ1) is 56.1. The average Bonchev–Trinajstić information content (AvgIpc) is 4.01. The van der Waals surface area contributed by atoms with E-state index in [0.29, 0.717) is 22.2 Å². The van der Waals surface area contributed by atoms with E-state index in [0.717, 1.165) is 132 Å². The summed E-state index contributed by atoms with van der Waals surface area (Å²) in [5.41, 5.74) is 13.6. The quantitative estimate of drug-likeness (QED) is 0.163. The SMILES string of the molecule is C=C(C)[C@H]1CC[C@H]2[C@@H]3CC(C)=C4C[C@@](C)(O)CC[C@@H]4[C@H]3CC[C@]12C.C=C(CBr)[C@H]1CC[C@H]2[C@@H]3CC(C)=C4C[C@@](C)(O)CC[C@@H]4[C@H]3CC[C@]12C.C=C(CO)[C@H]1CC[C@H]2[C@@H]3CC(C)=C4C[C@@](C)(O)CC[C@@H]4[C@H]3CC[C@]12C. The molecular formula is C69H107BrO4. The highest BCUT2D eigenvalue weighted by atomic mass is 79.9. The Hall–Kier alpha value is -1.24. The molecule has 0 spiro atoms. The molecule has 0 aliphatic heterocycles. The standard InChI is InChI=1S/C23H35BrO.C23H36O2.C23H36O/c2*1-14-11-18-16(17-7-9-22(3,25)12-19(14)17)8-10-23(4)20(15(2)13-24)5-6-21(18)23;1-14(2)20-6-7-21-18-12-15(3)19-13-22(4,24)10-8-17(19)16(18)9-11-23(20,21)5/h16-18,20-21,25H,2,5-13H2,1,3-4H3;16-18,20-21,24-25H,2,5-13H2,1,3-4H3;16-18,20-21,24H,1,6-13H2,2-5H3/t3*16-,17-,18-,20-,21+,22+,23-/m111/s1. The van der Waals surface area contributed by atoms with Crippen LogP contribution < -0.4 is 0 Å². The van der Waals surface area contributed by atoms with Crippen LogP contribution >= 0.6 is 15.9 Å². The minimum Gasteiger partial charge on any atom is -0.392 e. The van der Waals surface area contributed by atoms with Gasteiger partial charge in [-0.3, -0.25) is 0 Å². The Bertz CT molecular complexity index is 2180. The van der Waals surface area contributed by atoms with E-state index in [9.17, 15) is 20.4 Å². The van der Waals surface area contributed by atoms with E-state index >= 15 is 0 Å². The molecule has 4 N–H and O–H groups in total. The van der Waals surface area contributed by atoms with E-state index in [4.69, 9.17) is 0 Å². The van der Waals surface area contributed by atoms with Gasteiger partial charge in [-0.15, -0.1) is 0 Å². The van der Waals surface area contributed by atoms with Gasteiger partial charge >= 0.3 is 0 Å². The van der Waals surface area contributed by atoms with Crippen molar-refractivity contribution in [2.45, 2.75) is 240 Å². The van der Waals surface area contributed by atoms with Gasteiger partial charge in [-0.05, 0) is 313 Å². The van der Waals surface area contributed by atoms with Crippen LogP contribution in [0.1, 0.15) is 223 Å². The van der Waals surface area contributed by atoms with Gasteiger partial charge in [0.05, 0.1) is 23.4 Å². The first-order valence-electron chi connectivity index (χ1n) is 31.2. The van der Waals surface area contributed by atoms with Gasteiger partial charge in [0.15, 0.2) is 0 Å². The second kappa shape index (κ2) is 20.4. The van der Waals surface area contributed by atoms with Gasteiger partial charge in [-0.1, -0.05) is 101 Å². The third-order valence-corrected chi connectivity index (χ3v) is 27.0. The Balaban J connectivity index is 0.000000127. The van der Waals surface area contributed by atoms with Crippen molar-refractivity contribution in [3.63, 3.8) is 0 Å². The Morgan fingerprint density at radius 3 is 1.07 bits per heavy atom. The van der Waals surface area contributed by atoms with Crippen molar-refractivity contribution in [1.82, 2.24) is 0 Å². The zero-order valence-corrected chi connectivity index (χ0v) is 50.4. The summed E-state index contributed by atoms with van der Waals surface area (Å²) in [6, 6.07) is 0. The molecule has 0 amide bonds. The molecule has 0 unspecified atom stereocenters. The number of rotatable bonds is 5. The second-order valence-electron chi connectivity index (χ2n) is 30.8. The fourth-order valence-corrected chi connectivity index (χ4v) is 23.2. The number of aliphatic hydroxyl groups excluding tert-OH is 1. The molecule has 5 heteroatoms. The first-order valence-corrected chi connectivity index (χ1v) is 32.3. The number of hydrogen-bond donors (Lipinski definition) is 4. The zero-order valence-electron chi connectivity index (χ0n) is 48.8. The van der Waals surface area contributed by atoms with E-state index in [-0.39, 0.29) is 6.61 Å². The van der Waals surface area contributed by atoms with Gasteiger partial charge in [0, 0.05) is 5.33 Å². The van der Waals surface area contributed by atoms with Crippen LogP contribution in [0.4, 0.5) is 0 Å². The van der Waals surface area contributed by atoms with Crippen LogP contribution in [0.3, 0.4) is 0 Å². The third kappa shape index (κ3) is 9.66. The summed E-state index contributed by atoms with van der Waals surface area (Å²) in [5.74, 6) is 12.0. The Morgan fingerprint density at radius 2 is 0.757 bits per heavy atom. The predicted octanol–water partition coefficient (Wildman–Crippen LogP) is 17.0. The van der Waals surface area contributed by atoms with Gasteiger partial charge in [-0.2, -0.15) is 0 Å². The summed E-state index contributed by atoms with van der Waals surface area (Å²) in [7, 11) is 0. The third-order valence-electron chi connectivity index (χ3n) is 26.3. The number of allylic oxidation sites excluding steroid dienone is 5. The fraction of sp³-hybridized carbons (Fsp3) is 0.826. The summed E-state index contributed by atoms with van der Waals surface area (Å²) < 4.78 is 0. The molecule has 0 bridgehead atoms. The molecule has 0 heterocycles. The first-order chi connectivity index (χ1) is 34.8. The maximum atomic E-state index is 10.6. The van der Waals surface area contributed by atoms with Crippen molar-refractivity contribution in [1.29, 1.82) is 0 Å². The molecule has 12 aliphatic carbocycles. The van der Waals surface area contributed by atoms with E-state index in [1.165, 1.54) is 127 Å². The highest BCUT2D eigenvalue weighted by Gasteiger charge is 2.60. The number of hydrogen-bond acceptors (Lipinski definition) is 4. The average molecular weight is 1080 g/mol. The predicted molar refractivity (Wildman–Crippen MR) is 311 cm³/mol. The lowest BCUT2D eigenvalue weighted by atomic mass is 9.50. The van der Waals surface area contributed by atoms with Crippen LogP contribution in [-0.2, 0) is 0 Å². The zero-order chi connectivity index (χ0) is 53.2. The number of alkyl halides is 1. The van der Waals surface area contributed by atoms with E-state index in [2.05, 4.69) is 84.1 Å². The summed E-state index contributed by atoms with van der Waals surface area (Å²) in [6.07, 6.45) is 29.4. The minimum atomic E-state index is -0.486. The lowest BCUT2D eigenvalue weighted by Gasteiger charge is -2.55. The molecule has 12 aliphatic rings. The molecule has 21 atom stereocenters. The molecule has 0 aromatic rings. The molecule has 74 heavy (non-hydrogen) atoms. The normalized spacial score (nSPS) is 49.9. The number of fused-ring (bicyclic) bond motifs is 15. The molecule has 414 valence electrons. The van der Waals surface area contributed by atoms with Gasteiger partial charge in [0.1, 0.15) is 0 Å². The van der Waals surface area contributed by atoms with E-state index < -0.39 is 16.8 Å².